The summed E-state index contributed by atoms with van der Waals surface area (Å²) in [5.74, 6) is -0.330. The van der Waals surface area contributed by atoms with Crippen LogP contribution in [0.25, 0.3) is 12.2 Å². The van der Waals surface area contributed by atoms with Crippen molar-refractivity contribution in [3.8, 4) is 5.75 Å². The van der Waals surface area contributed by atoms with Crippen LogP contribution in [0.4, 0.5) is 0 Å². The first-order valence-electron chi connectivity index (χ1n) is 10.8. The van der Waals surface area contributed by atoms with E-state index >= 15 is 0 Å². The first-order chi connectivity index (χ1) is 16.6. The van der Waals surface area contributed by atoms with Crippen molar-refractivity contribution in [2.24, 2.45) is 0 Å². The van der Waals surface area contributed by atoms with Crippen LogP contribution in [0.3, 0.4) is 0 Å². The summed E-state index contributed by atoms with van der Waals surface area (Å²) in [6.45, 7) is 0.309. The van der Waals surface area contributed by atoms with Crippen LogP contribution < -0.4 is 4.74 Å². The van der Waals surface area contributed by atoms with Crippen molar-refractivity contribution < 1.29 is 38.1 Å². The molecule has 2 aliphatic heterocycles. The molecule has 2 heterocycles. The normalized spacial score (nSPS) is 23.7. The van der Waals surface area contributed by atoms with Gasteiger partial charge in [-0.25, -0.2) is 9.59 Å². The van der Waals surface area contributed by atoms with Gasteiger partial charge in [-0.3, -0.25) is 4.79 Å². The summed E-state index contributed by atoms with van der Waals surface area (Å²) in [6.07, 6.45) is 4.44. The second-order valence-electron chi connectivity index (χ2n) is 7.77. The lowest BCUT2D eigenvalue weighted by Crippen LogP contribution is -2.35. The highest BCUT2D eigenvalue weighted by atomic mass is 16.7. The number of fused-ring (bicyclic) bond motifs is 1. The summed E-state index contributed by atoms with van der Waals surface area (Å²) in [7, 11) is 1.59. The van der Waals surface area contributed by atoms with Gasteiger partial charge >= 0.3 is 11.9 Å². The topological polar surface area (TPSA) is 97.4 Å². The lowest BCUT2D eigenvalue weighted by atomic mass is 10.1. The van der Waals surface area contributed by atoms with Gasteiger partial charge in [-0.05, 0) is 35.4 Å². The monoisotopic (exact) mass is 464 g/mol. The highest BCUT2D eigenvalue weighted by molar-refractivity contribution is 5.88. The smallest absolute Gasteiger partial charge is 0.331 e. The molecular weight excluding hydrogens is 440 g/mol. The van der Waals surface area contributed by atoms with Crippen LogP contribution in [0.5, 0.6) is 5.75 Å². The minimum atomic E-state index is -0.599. The summed E-state index contributed by atoms with van der Waals surface area (Å²) in [6, 6.07) is 14.0. The predicted molar refractivity (Wildman–Crippen MR) is 122 cm³/mol. The summed E-state index contributed by atoms with van der Waals surface area (Å²) >= 11 is 0. The molecule has 0 saturated carbocycles. The third-order valence-corrected chi connectivity index (χ3v) is 5.51. The molecule has 2 aliphatic rings. The van der Waals surface area contributed by atoms with Crippen LogP contribution in [0.1, 0.15) is 21.5 Å². The molecule has 4 rings (SSSR count). The largest absolute Gasteiger partial charge is 0.497 e. The molecule has 2 aromatic carbocycles. The fraction of sp³-hybridized carbons (Fsp3) is 0.269. The van der Waals surface area contributed by atoms with Gasteiger partial charge in [-0.1, -0.05) is 36.4 Å². The van der Waals surface area contributed by atoms with E-state index in [4.69, 9.17) is 23.7 Å². The lowest BCUT2D eigenvalue weighted by molar-refractivity contribution is -0.149. The Morgan fingerprint density at radius 1 is 0.765 bits per heavy atom. The molecule has 0 aliphatic carbocycles. The lowest BCUT2D eigenvalue weighted by Gasteiger charge is -2.16. The molecule has 0 N–H and O–H groups in total. The number of hydrogen-bond acceptors (Lipinski definition) is 8. The van der Waals surface area contributed by atoms with E-state index < -0.39 is 36.4 Å². The van der Waals surface area contributed by atoms with Crippen LogP contribution in [0, 0.1) is 0 Å². The van der Waals surface area contributed by atoms with Crippen LogP contribution in [0.15, 0.2) is 60.7 Å². The second-order valence-corrected chi connectivity index (χ2v) is 7.77. The molecule has 2 saturated heterocycles. The molecule has 0 aromatic heterocycles. The van der Waals surface area contributed by atoms with E-state index in [1.54, 1.807) is 55.7 Å². The quantitative estimate of drug-likeness (QED) is 0.334. The SMILES string of the molecule is COc1ccc(/C=C/C(=O)O[C@@H]2CO[C@@H]3C(OC(=O)/C=C/c4ccc(C=O)cc4)CO[C@@H]32)cc1. The van der Waals surface area contributed by atoms with Gasteiger partial charge in [0.05, 0.1) is 20.3 Å². The number of carbonyl (C=O) groups excluding carboxylic acids is 3. The van der Waals surface area contributed by atoms with E-state index in [1.165, 1.54) is 12.2 Å². The first-order valence-corrected chi connectivity index (χ1v) is 10.8. The van der Waals surface area contributed by atoms with Gasteiger partial charge in [0.2, 0.25) is 0 Å². The Bertz CT molecular complexity index is 1070. The van der Waals surface area contributed by atoms with Crippen molar-refractivity contribution in [2.75, 3.05) is 20.3 Å². The van der Waals surface area contributed by atoms with E-state index in [0.29, 0.717) is 5.56 Å². The Morgan fingerprint density at radius 2 is 1.21 bits per heavy atom. The van der Waals surface area contributed by atoms with Crippen molar-refractivity contribution in [3.63, 3.8) is 0 Å². The average Bonchev–Trinajstić information content (AvgIpc) is 3.45. The highest BCUT2D eigenvalue weighted by Crippen LogP contribution is 2.31. The summed E-state index contributed by atoms with van der Waals surface area (Å²) < 4.78 is 27.5. The molecule has 0 bridgehead atoms. The maximum atomic E-state index is 12.2. The Labute approximate surface area is 196 Å². The Hall–Kier alpha value is -3.75. The van der Waals surface area contributed by atoms with Crippen molar-refractivity contribution in [2.45, 2.75) is 24.4 Å². The van der Waals surface area contributed by atoms with Crippen LogP contribution in [-0.4, -0.2) is 63.0 Å². The molecular formula is C26H24O8. The predicted octanol–water partition coefficient (Wildman–Crippen LogP) is 2.86. The fourth-order valence-electron chi connectivity index (χ4n) is 3.74. The van der Waals surface area contributed by atoms with Gasteiger partial charge < -0.3 is 23.7 Å². The number of methoxy groups -OCH3 is 1. The summed E-state index contributed by atoms with van der Waals surface area (Å²) in [5.41, 5.74) is 2.14. The maximum Gasteiger partial charge on any atom is 0.331 e. The van der Waals surface area contributed by atoms with Crippen LogP contribution in [0.2, 0.25) is 0 Å². The average molecular weight is 464 g/mol. The number of ether oxygens (including phenoxy) is 5. The van der Waals surface area contributed by atoms with Gasteiger partial charge in [0, 0.05) is 17.7 Å². The summed E-state index contributed by atoms with van der Waals surface area (Å²) in [5, 5.41) is 0. The Kier molecular flexibility index (Phi) is 7.51. The van der Waals surface area contributed by atoms with Crippen molar-refractivity contribution in [1.29, 1.82) is 0 Å². The Morgan fingerprint density at radius 3 is 1.65 bits per heavy atom. The van der Waals surface area contributed by atoms with Gasteiger partial charge in [0.15, 0.2) is 12.2 Å². The van der Waals surface area contributed by atoms with Crippen LogP contribution >= 0.6 is 0 Å². The number of rotatable bonds is 8. The third kappa shape index (κ3) is 5.78. The minimum absolute atomic E-state index is 0.151. The zero-order valence-corrected chi connectivity index (χ0v) is 18.5. The molecule has 2 aromatic rings. The Balaban J connectivity index is 1.26. The summed E-state index contributed by atoms with van der Waals surface area (Å²) in [4.78, 5) is 35.2. The highest BCUT2D eigenvalue weighted by Gasteiger charge is 2.50. The molecule has 1 unspecified atom stereocenters. The zero-order chi connectivity index (χ0) is 23.9. The molecule has 0 amide bonds. The molecule has 8 heteroatoms. The third-order valence-electron chi connectivity index (χ3n) is 5.51. The van der Waals surface area contributed by atoms with Gasteiger partial charge in [0.25, 0.3) is 0 Å². The number of aldehydes is 1. The molecule has 0 spiro atoms. The number of esters is 2. The van der Waals surface area contributed by atoms with Gasteiger partial charge in [-0.15, -0.1) is 0 Å². The molecule has 8 nitrogen and oxygen atoms in total. The molecule has 34 heavy (non-hydrogen) atoms. The van der Waals surface area contributed by atoms with E-state index in [1.807, 2.05) is 12.1 Å². The van der Waals surface area contributed by atoms with Crippen molar-refractivity contribution >= 4 is 30.4 Å². The van der Waals surface area contributed by atoms with Gasteiger partial charge in [-0.2, -0.15) is 0 Å². The maximum absolute atomic E-state index is 12.2. The molecule has 0 radical (unpaired) electrons. The number of hydrogen-bond donors (Lipinski definition) is 0. The van der Waals surface area contributed by atoms with Crippen molar-refractivity contribution in [1.82, 2.24) is 0 Å². The first kappa shape index (κ1) is 23.4. The standard InChI is InChI=1S/C26H24O8/c1-30-20-10-6-18(7-11-20)9-13-24(29)34-22-16-32-25-21(15-31-26(22)25)33-23(28)12-8-17-2-4-19(14-27)5-3-17/h2-14,21-22,25-26H,15-16H2,1H3/b12-8+,13-9+/t21?,22-,25-,26-/m1/s1. The van der Waals surface area contributed by atoms with E-state index in [-0.39, 0.29) is 13.2 Å². The van der Waals surface area contributed by atoms with Crippen molar-refractivity contribution in [3.05, 3.63) is 77.4 Å². The van der Waals surface area contributed by atoms with E-state index in [0.717, 1.165) is 23.2 Å². The molecule has 4 atom stereocenters. The van der Waals surface area contributed by atoms with Gasteiger partial charge in [0.1, 0.15) is 24.2 Å². The minimum Gasteiger partial charge on any atom is -0.497 e. The molecule has 176 valence electrons. The fourth-order valence-corrected chi connectivity index (χ4v) is 3.74. The van der Waals surface area contributed by atoms with E-state index in [9.17, 15) is 14.4 Å². The number of benzene rings is 2. The van der Waals surface area contributed by atoms with Crippen LogP contribution in [-0.2, 0) is 28.5 Å². The molecule has 2 fully saturated rings. The van der Waals surface area contributed by atoms with E-state index in [2.05, 4.69) is 0 Å². The zero-order valence-electron chi connectivity index (χ0n) is 18.5. The number of carbonyl (C=O) groups is 3. The second kappa shape index (κ2) is 10.9.